The first-order valence-corrected chi connectivity index (χ1v) is 7.52. The van der Waals surface area contributed by atoms with Crippen LogP contribution >= 0.6 is 0 Å². The molecule has 1 heterocycles. The first-order chi connectivity index (χ1) is 9.89. The number of rotatable bonds is 3. The molecule has 0 amide bonds. The topological polar surface area (TPSA) is 47.6 Å². The van der Waals surface area contributed by atoms with E-state index in [1.54, 1.807) is 7.11 Å². The van der Waals surface area contributed by atoms with Crippen molar-refractivity contribution in [3.8, 4) is 5.75 Å². The summed E-state index contributed by atoms with van der Waals surface area (Å²) in [6, 6.07) is 7.98. The lowest BCUT2D eigenvalue weighted by atomic mass is 9.93. The number of hydrogen-bond donors (Lipinski definition) is 1. The molecular weight excluding hydrogens is 266 g/mol. The molecule has 2 atom stereocenters. The smallest absolute Gasteiger partial charge is 0.323 e. The maximum absolute atomic E-state index is 12.2. The number of benzene rings is 1. The molecule has 0 radical (unpaired) electrons. The fraction of sp³-hybridized carbons (Fsp3) is 0.588. The van der Waals surface area contributed by atoms with Crippen LogP contribution in [0.2, 0.25) is 0 Å². The summed E-state index contributed by atoms with van der Waals surface area (Å²) < 4.78 is 10.7. The standard InChI is InChI=1S/C17H25NO3/c1-17(2,3)21-16(19)15-7-5-6-14(18-15)12-8-10-13(20-4)11-9-12/h8-11,14-15,18H,5-7H2,1-4H3/t14-,15+/m1/s1. The van der Waals surface area contributed by atoms with Crippen LogP contribution in [0.4, 0.5) is 0 Å². The van der Waals surface area contributed by atoms with Gasteiger partial charge in [-0.1, -0.05) is 12.1 Å². The summed E-state index contributed by atoms with van der Waals surface area (Å²) in [5.41, 5.74) is 0.746. The van der Waals surface area contributed by atoms with Crippen molar-refractivity contribution >= 4 is 5.97 Å². The van der Waals surface area contributed by atoms with Crippen LogP contribution in [0.5, 0.6) is 5.75 Å². The number of carbonyl (C=O) groups is 1. The molecule has 1 N–H and O–H groups in total. The van der Waals surface area contributed by atoms with Crippen LogP contribution < -0.4 is 10.1 Å². The molecule has 1 aromatic rings. The number of esters is 1. The summed E-state index contributed by atoms with van der Waals surface area (Å²) >= 11 is 0. The minimum atomic E-state index is -0.439. The van der Waals surface area contributed by atoms with Gasteiger partial charge in [-0.2, -0.15) is 0 Å². The van der Waals surface area contributed by atoms with E-state index in [0.29, 0.717) is 0 Å². The Morgan fingerprint density at radius 2 is 1.86 bits per heavy atom. The fourth-order valence-electron chi connectivity index (χ4n) is 2.59. The van der Waals surface area contributed by atoms with Gasteiger partial charge in [0.25, 0.3) is 0 Å². The van der Waals surface area contributed by atoms with E-state index in [2.05, 4.69) is 5.32 Å². The first-order valence-electron chi connectivity index (χ1n) is 7.52. The van der Waals surface area contributed by atoms with Gasteiger partial charge in [0.15, 0.2) is 0 Å². The van der Waals surface area contributed by atoms with E-state index in [-0.39, 0.29) is 18.1 Å². The predicted molar refractivity (Wildman–Crippen MR) is 82.4 cm³/mol. The molecule has 2 rings (SSSR count). The van der Waals surface area contributed by atoms with Crippen molar-refractivity contribution in [3.05, 3.63) is 29.8 Å². The van der Waals surface area contributed by atoms with Gasteiger partial charge in [-0.3, -0.25) is 10.1 Å². The van der Waals surface area contributed by atoms with Gasteiger partial charge in [0.1, 0.15) is 17.4 Å². The molecule has 0 unspecified atom stereocenters. The van der Waals surface area contributed by atoms with Crippen LogP contribution in [0.25, 0.3) is 0 Å². The van der Waals surface area contributed by atoms with Crippen molar-refractivity contribution < 1.29 is 14.3 Å². The molecule has 1 fully saturated rings. The van der Waals surface area contributed by atoms with E-state index >= 15 is 0 Å². The van der Waals surface area contributed by atoms with E-state index in [0.717, 1.165) is 25.0 Å². The zero-order valence-corrected chi connectivity index (χ0v) is 13.3. The lowest BCUT2D eigenvalue weighted by Crippen LogP contribution is -2.45. The van der Waals surface area contributed by atoms with Crippen molar-refractivity contribution in [2.45, 2.75) is 57.7 Å². The van der Waals surface area contributed by atoms with Crippen LogP contribution in [0, 0.1) is 0 Å². The summed E-state index contributed by atoms with van der Waals surface area (Å²) in [4.78, 5) is 12.2. The summed E-state index contributed by atoms with van der Waals surface area (Å²) in [5.74, 6) is 0.693. The van der Waals surface area contributed by atoms with Crippen molar-refractivity contribution in [3.63, 3.8) is 0 Å². The monoisotopic (exact) mass is 291 g/mol. The second-order valence-electron chi connectivity index (χ2n) is 6.51. The number of hydrogen-bond acceptors (Lipinski definition) is 4. The highest BCUT2D eigenvalue weighted by Gasteiger charge is 2.30. The van der Waals surface area contributed by atoms with Gasteiger partial charge in [0.05, 0.1) is 7.11 Å². The largest absolute Gasteiger partial charge is 0.497 e. The molecule has 0 aromatic heterocycles. The Labute approximate surface area is 126 Å². The van der Waals surface area contributed by atoms with Gasteiger partial charge < -0.3 is 9.47 Å². The quantitative estimate of drug-likeness (QED) is 0.869. The average molecular weight is 291 g/mol. The molecule has 0 spiro atoms. The van der Waals surface area contributed by atoms with Crippen molar-refractivity contribution in [1.29, 1.82) is 0 Å². The molecule has 0 saturated carbocycles. The Kier molecular flexibility index (Phi) is 4.88. The molecule has 116 valence electrons. The Balaban J connectivity index is 2.01. The second-order valence-corrected chi connectivity index (χ2v) is 6.51. The average Bonchev–Trinajstić information content (AvgIpc) is 2.46. The summed E-state index contributed by atoms with van der Waals surface area (Å²) in [7, 11) is 1.66. The zero-order chi connectivity index (χ0) is 15.5. The lowest BCUT2D eigenvalue weighted by Gasteiger charge is -2.32. The van der Waals surface area contributed by atoms with Gasteiger partial charge in [-0.05, 0) is 57.7 Å². The van der Waals surface area contributed by atoms with E-state index < -0.39 is 5.60 Å². The molecule has 21 heavy (non-hydrogen) atoms. The minimum absolute atomic E-state index is 0.152. The molecule has 1 aliphatic heterocycles. The highest BCUT2D eigenvalue weighted by atomic mass is 16.6. The Morgan fingerprint density at radius 3 is 2.43 bits per heavy atom. The number of methoxy groups -OCH3 is 1. The maximum Gasteiger partial charge on any atom is 0.323 e. The Bertz CT molecular complexity index is 476. The third-order valence-electron chi connectivity index (χ3n) is 3.60. The number of carbonyl (C=O) groups excluding carboxylic acids is 1. The molecule has 4 heteroatoms. The Hall–Kier alpha value is -1.55. The fourth-order valence-corrected chi connectivity index (χ4v) is 2.59. The molecule has 1 saturated heterocycles. The number of nitrogens with one attached hydrogen (secondary N) is 1. The van der Waals surface area contributed by atoms with Crippen molar-refractivity contribution in [1.82, 2.24) is 5.32 Å². The third kappa shape index (κ3) is 4.46. The third-order valence-corrected chi connectivity index (χ3v) is 3.60. The zero-order valence-electron chi connectivity index (χ0n) is 13.3. The summed E-state index contributed by atoms with van der Waals surface area (Å²) in [5, 5.41) is 3.41. The van der Waals surface area contributed by atoms with Gasteiger partial charge in [0.2, 0.25) is 0 Å². The molecule has 0 bridgehead atoms. The SMILES string of the molecule is COc1ccc([C@H]2CCC[C@@H](C(=O)OC(C)(C)C)N2)cc1. The normalized spacial score (nSPS) is 22.7. The van der Waals surface area contributed by atoms with Crippen molar-refractivity contribution in [2.75, 3.05) is 7.11 Å². The van der Waals surface area contributed by atoms with E-state index in [1.165, 1.54) is 5.56 Å². The lowest BCUT2D eigenvalue weighted by molar-refractivity contribution is -0.158. The van der Waals surface area contributed by atoms with Crippen LogP contribution in [-0.2, 0) is 9.53 Å². The van der Waals surface area contributed by atoms with E-state index in [4.69, 9.17) is 9.47 Å². The van der Waals surface area contributed by atoms with Crippen LogP contribution in [0.1, 0.15) is 51.6 Å². The van der Waals surface area contributed by atoms with Crippen molar-refractivity contribution in [2.24, 2.45) is 0 Å². The molecule has 0 aliphatic carbocycles. The minimum Gasteiger partial charge on any atom is -0.497 e. The van der Waals surface area contributed by atoms with Gasteiger partial charge in [-0.25, -0.2) is 0 Å². The predicted octanol–water partition coefficient (Wildman–Crippen LogP) is 3.22. The van der Waals surface area contributed by atoms with Gasteiger partial charge >= 0.3 is 5.97 Å². The number of ether oxygens (including phenoxy) is 2. The van der Waals surface area contributed by atoms with E-state index in [9.17, 15) is 4.79 Å². The summed E-state index contributed by atoms with van der Waals surface area (Å²) in [6.45, 7) is 5.69. The maximum atomic E-state index is 12.2. The highest BCUT2D eigenvalue weighted by molar-refractivity contribution is 5.76. The highest BCUT2D eigenvalue weighted by Crippen LogP contribution is 2.27. The number of piperidine rings is 1. The molecular formula is C17H25NO3. The summed E-state index contributed by atoms with van der Waals surface area (Å²) in [6.07, 6.45) is 2.89. The van der Waals surface area contributed by atoms with Crippen LogP contribution in [0.3, 0.4) is 0 Å². The molecule has 1 aromatic carbocycles. The Morgan fingerprint density at radius 1 is 1.19 bits per heavy atom. The first kappa shape index (κ1) is 15.8. The van der Waals surface area contributed by atoms with Crippen LogP contribution in [0.15, 0.2) is 24.3 Å². The second kappa shape index (κ2) is 6.48. The van der Waals surface area contributed by atoms with E-state index in [1.807, 2.05) is 45.0 Å². The van der Waals surface area contributed by atoms with Crippen LogP contribution in [-0.4, -0.2) is 24.7 Å². The van der Waals surface area contributed by atoms with Gasteiger partial charge in [0, 0.05) is 6.04 Å². The van der Waals surface area contributed by atoms with Gasteiger partial charge in [-0.15, -0.1) is 0 Å². The molecule has 4 nitrogen and oxygen atoms in total. The molecule has 1 aliphatic rings.